The number of carboxylic acids is 1. The molecule has 1 saturated heterocycles. The molecular formula is C25H30N4O4S. The number of carbonyl (C=O) groups is 1. The number of aromatic nitrogens is 1. The van der Waals surface area contributed by atoms with Crippen molar-refractivity contribution < 1.29 is 18.3 Å². The summed E-state index contributed by atoms with van der Waals surface area (Å²) in [5.74, 6) is -0.156. The quantitative estimate of drug-likeness (QED) is 0.525. The molecule has 0 aliphatic carbocycles. The molecule has 2 heterocycles. The lowest BCUT2D eigenvalue weighted by Crippen LogP contribution is -2.46. The molecule has 180 valence electrons. The molecule has 0 radical (unpaired) electrons. The van der Waals surface area contributed by atoms with Crippen molar-refractivity contribution in [2.45, 2.75) is 31.6 Å². The number of pyridine rings is 1. The number of piperazine rings is 1. The van der Waals surface area contributed by atoms with Crippen LogP contribution in [-0.4, -0.2) is 62.1 Å². The maximum absolute atomic E-state index is 12.9. The van der Waals surface area contributed by atoms with E-state index in [0.29, 0.717) is 22.6 Å². The van der Waals surface area contributed by atoms with Gasteiger partial charge < -0.3 is 14.9 Å². The van der Waals surface area contributed by atoms with E-state index in [1.807, 2.05) is 13.8 Å². The van der Waals surface area contributed by atoms with Gasteiger partial charge in [0.1, 0.15) is 5.82 Å². The smallest absolute Gasteiger partial charge is 0.336 e. The highest BCUT2D eigenvalue weighted by atomic mass is 32.2. The van der Waals surface area contributed by atoms with Gasteiger partial charge >= 0.3 is 5.97 Å². The standard InChI is InChI=1S/C25H30N4O4S/c1-4-28-11-13-29(14-12-28)24-16-22(25(30)31)21-15-19(7-10-23(21)26-24)27-34(32,33)20-8-5-18(6-9-20)17(2)3/h5-10,15-17,27H,4,11-14H2,1-3H3,(H,30,31). The summed E-state index contributed by atoms with van der Waals surface area (Å²) in [6.45, 7) is 10.6. The lowest BCUT2D eigenvalue weighted by molar-refractivity contribution is 0.0699. The SMILES string of the molecule is CCN1CCN(c2cc(C(=O)O)c3cc(NS(=O)(=O)c4ccc(C(C)C)cc4)ccc3n2)CC1. The number of fused-ring (bicyclic) bond motifs is 1. The average Bonchev–Trinajstić information content (AvgIpc) is 2.83. The number of benzene rings is 2. The number of hydrogen-bond donors (Lipinski definition) is 2. The van der Waals surface area contributed by atoms with Crippen LogP contribution >= 0.6 is 0 Å². The third-order valence-electron chi connectivity index (χ3n) is 6.28. The molecule has 8 nitrogen and oxygen atoms in total. The maximum Gasteiger partial charge on any atom is 0.336 e. The van der Waals surface area contributed by atoms with Crippen molar-refractivity contribution in [2.24, 2.45) is 0 Å². The van der Waals surface area contributed by atoms with Gasteiger partial charge in [0.05, 0.1) is 16.0 Å². The van der Waals surface area contributed by atoms with E-state index in [9.17, 15) is 18.3 Å². The Morgan fingerprint density at radius 2 is 1.74 bits per heavy atom. The summed E-state index contributed by atoms with van der Waals surface area (Å²) in [5, 5.41) is 10.3. The van der Waals surface area contributed by atoms with E-state index < -0.39 is 16.0 Å². The molecule has 1 aliphatic rings. The van der Waals surface area contributed by atoms with Crippen LogP contribution in [0.15, 0.2) is 53.4 Å². The number of likely N-dealkylation sites (N-methyl/N-ethyl adjacent to an activating group) is 1. The second kappa shape index (κ2) is 9.60. The predicted molar refractivity (Wildman–Crippen MR) is 134 cm³/mol. The van der Waals surface area contributed by atoms with Gasteiger partial charge in [-0.05, 0) is 54.4 Å². The molecule has 2 aromatic carbocycles. The summed E-state index contributed by atoms with van der Waals surface area (Å²) < 4.78 is 28.4. The highest BCUT2D eigenvalue weighted by molar-refractivity contribution is 7.92. The first-order valence-corrected chi connectivity index (χ1v) is 12.9. The minimum absolute atomic E-state index is 0.0975. The molecule has 0 bridgehead atoms. The van der Waals surface area contributed by atoms with E-state index in [1.165, 1.54) is 6.07 Å². The largest absolute Gasteiger partial charge is 0.478 e. The molecule has 1 aromatic heterocycles. The highest BCUT2D eigenvalue weighted by Crippen LogP contribution is 2.28. The van der Waals surface area contributed by atoms with Crippen molar-refractivity contribution in [1.82, 2.24) is 9.88 Å². The summed E-state index contributed by atoms with van der Waals surface area (Å²) in [6, 6.07) is 13.1. The normalized spacial score (nSPS) is 15.1. The van der Waals surface area contributed by atoms with E-state index in [2.05, 4.69) is 26.4 Å². The van der Waals surface area contributed by atoms with E-state index in [0.717, 1.165) is 38.3 Å². The Kier molecular flexibility index (Phi) is 6.77. The first-order chi connectivity index (χ1) is 16.2. The molecule has 4 rings (SSSR count). The summed E-state index contributed by atoms with van der Waals surface area (Å²) in [6.07, 6.45) is 0. The Balaban J connectivity index is 1.64. The fraction of sp³-hybridized carbons (Fsp3) is 0.360. The van der Waals surface area contributed by atoms with E-state index in [4.69, 9.17) is 0 Å². The van der Waals surface area contributed by atoms with Crippen molar-refractivity contribution in [1.29, 1.82) is 0 Å². The Hall–Kier alpha value is -3.17. The second-order valence-corrected chi connectivity index (χ2v) is 10.5. The fourth-order valence-electron chi connectivity index (χ4n) is 4.15. The Bertz CT molecular complexity index is 1300. The van der Waals surface area contributed by atoms with Gasteiger partial charge in [0, 0.05) is 37.3 Å². The summed E-state index contributed by atoms with van der Waals surface area (Å²) >= 11 is 0. The Morgan fingerprint density at radius 1 is 1.06 bits per heavy atom. The van der Waals surface area contributed by atoms with Gasteiger partial charge in [0.15, 0.2) is 0 Å². The molecule has 0 unspecified atom stereocenters. The molecule has 0 saturated carbocycles. The van der Waals surface area contributed by atoms with E-state index >= 15 is 0 Å². The third-order valence-corrected chi connectivity index (χ3v) is 7.68. The summed E-state index contributed by atoms with van der Waals surface area (Å²) in [4.78, 5) is 21.3. The van der Waals surface area contributed by atoms with Gasteiger partial charge in [-0.2, -0.15) is 0 Å². The Labute approximate surface area is 200 Å². The van der Waals surface area contributed by atoms with Crippen molar-refractivity contribution >= 4 is 38.4 Å². The van der Waals surface area contributed by atoms with Crippen LogP contribution in [-0.2, 0) is 10.0 Å². The van der Waals surface area contributed by atoms with Crippen LogP contribution < -0.4 is 9.62 Å². The van der Waals surface area contributed by atoms with Crippen molar-refractivity contribution in [3.63, 3.8) is 0 Å². The van der Waals surface area contributed by atoms with Crippen LogP contribution in [0.2, 0.25) is 0 Å². The first-order valence-electron chi connectivity index (χ1n) is 11.5. The van der Waals surface area contributed by atoms with Crippen LogP contribution in [0.5, 0.6) is 0 Å². The van der Waals surface area contributed by atoms with E-state index in [-0.39, 0.29) is 16.1 Å². The number of hydrogen-bond acceptors (Lipinski definition) is 6. The van der Waals surface area contributed by atoms with Crippen molar-refractivity contribution in [3.8, 4) is 0 Å². The zero-order chi connectivity index (χ0) is 24.5. The van der Waals surface area contributed by atoms with Crippen LogP contribution in [0.4, 0.5) is 11.5 Å². The third kappa shape index (κ3) is 5.00. The lowest BCUT2D eigenvalue weighted by Gasteiger charge is -2.35. The van der Waals surface area contributed by atoms with Crippen molar-refractivity contribution in [2.75, 3.05) is 42.3 Å². The van der Waals surface area contributed by atoms with Gasteiger partial charge in [0.2, 0.25) is 0 Å². The fourth-order valence-corrected chi connectivity index (χ4v) is 5.20. The van der Waals surface area contributed by atoms with Crippen LogP contribution in [0.3, 0.4) is 0 Å². The molecule has 1 fully saturated rings. The van der Waals surface area contributed by atoms with Gasteiger partial charge in [-0.3, -0.25) is 4.72 Å². The number of nitrogens with one attached hydrogen (secondary N) is 1. The number of nitrogens with zero attached hydrogens (tertiary/aromatic N) is 3. The summed E-state index contributed by atoms with van der Waals surface area (Å²) in [7, 11) is -3.82. The number of sulfonamides is 1. The molecule has 0 spiro atoms. The first kappa shape index (κ1) is 24.0. The minimum atomic E-state index is -3.82. The van der Waals surface area contributed by atoms with Gasteiger partial charge in [-0.25, -0.2) is 18.2 Å². The molecular weight excluding hydrogens is 452 g/mol. The Morgan fingerprint density at radius 3 is 2.32 bits per heavy atom. The number of aromatic carboxylic acids is 1. The van der Waals surface area contributed by atoms with Crippen LogP contribution in [0, 0.1) is 0 Å². The molecule has 0 amide bonds. The van der Waals surface area contributed by atoms with Gasteiger partial charge in [-0.15, -0.1) is 0 Å². The van der Waals surface area contributed by atoms with Crippen LogP contribution in [0.25, 0.3) is 10.9 Å². The molecule has 34 heavy (non-hydrogen) atoms. The molecule has 1 aliphatic heterocycles. The average molecular weight is 483 g/mol. The van der Waals surface area contributed by atoms with Crippen LogP contribution in [0.1, 0.15) is 42.6 Å². The maximum atomic E-state index is 12.9. The van der Waals surface area contributed by atoms with E-state index in [1.54, 1.807) is 42.5 Å². The molecule has 9 heteroatoms. The monoisotopic (exact) mass is 482 g/mol. The summed E-state index contributed by atoms with van der Waals surface area (Å²) in [5.41, 5.74) is 1.94. The lowest BCUT2D eigenvalue weighted by atomic mass is 10.0. The van der Waals surface area contributed by atoms with Crippen molar-refractivity contribution in [3.05, 3.63) is 59.7 Å². The zero-order valence-electron chi connectivity index (χ0n) is 19.7. The number of carboxylic acid groups (broad SMARTS) is 1. The number of rotatable bonds is 7. The van der Waals surface area contributed by atoms with Gasteiger partial charge in [-0.1, -0.05) is 32.9 Å². The second-order valence-electron chi connectivity index (χ2n) is 8.82. The predicted octanol–water partition coefficient (Wildman–Crippen LogP) is 4.00. The zero-order valence-corrected chi connectivity index (χ0v) is 20.5. The highest BCUT2D eigenvalue weighted by Gasteiger charge is 2.21. The topological polar surface area (TPSA) is 103 Å². The molecule has 2 N–H and O–H groups in total. The minimum Gasteiger partial charge on any atom is -0.478 e. The molecule has 3 aromatic rings. The van der Waals surface area contributed by atoms with Gasteiger partial charge in [0.25, 0.3) is 10.0 Å². The number of anilines is 2. The molecule has 0 atom stereocenters.